The van der Waals surface area contributed by atoms with Gasteiger partial charge < -0.3 is 5.73 Å². The predicted octanol–water partition coefficient (Wildman–Crippen LogP) is 4.10. The smallest absolute Gasteiger partial charge is 0.0113 e. The SMILES string of the molecule is NCC1(c2ccccc2SC2CC2)CCCCC1. The molecule has 2 heteroatoms. The molecular formula is C16H23NS. The van der Waals surface area contributed by atoms with Crippen molar-refractivity contribution < 1.29 is 0 Å². The molecule has 0 radical (unpaired) electrons. The van der Waals surface area contributed by atoms with Gasteiger partial charge >= 0.3 is 0 Å². The summed E-state index contributed by atoms with van der Waals surface area (Å²) in [5.41, 5.74) is 8.00. The summed E-state index contributed by atoms with van der Waals surface area (Å²) >= 11 is 2.09. The van der Waals surface area contributed by atoms with Crippen molar-refractivity contribution in [3.05, 3.63) is 29.8 Å². The van der Waals surface area contributed by atoms with Crippen LogP contribution in [0.5, 0.6) is 0 Å². The minimum Gasteiger partial charge on any atom is -0.330 e. The number of rotatable bonds is 4. The zero-order chi connectivity index (χ0) is 12.4. The molecule has 0 spiro atoms. The highest BCUT2D eigenvalue weighted by Gasteiger charge is 2.35. The van der Waals surface area contributed by atoms with Crippen LogP contribution in [0.4, 0.5) is 0 Å². The third-order valence-corrected chi connectivity index (χ3v) is 5.89. The fourth-order valence-electron chi connectivity index (χ4n) is 3.18. The molecule has 0 atom stereocenters. The lowest BCUT2D eigenvalue weighted by Crippen LogP contribution is -2.37. The van der Waals surface area contributed by atoms with E-state index in [9.17, 15) is 0 Å². The Morgan fingerprint density at radius 2 is 1.83 bits per heavy atom. The van der Waals surface area contributed by atoms with E-state index in [0.29, 0.717) is 0 Å². The molecule has 1 aromatic carbocycles. The van der Waals surface area contributed by atoms with Crippen molar-refractivity contribution in [1.82, 2.24) is 0 Å². The van der Waals surface area contributed by atoms with Crippen LogP contribution in [0.2, 0.25) is 0 Å². The van der Waals surface area contributed by atoms with E-state index in [1.807, 2.05) is 0 Å². The molecule has 0 saturated heterocycles. The molecule has 3 rings (SSSR count). The van der Waals surface area contributed by atoms with E-state index >= 15 is 0 Å². The molecule has 2 saturated carbocycles. The second-order valence-electron chi connectivity index (χ2n) is 5.86. The van der Waals surface area contributed by atoms with Gasteiger partial charge in [-0.25, -0.2) is 0 Å². The zero-order valence-corrected chi connectivity index (χ0v) is 11.8. The molecule has 2 fully saturated rings. The fraction of sp³-hybridized carbons (Fsp3) is 0.625. The van der Waals surface area contributed by atoms with Crippen molar-refractivity contribution >= 4 is 11.8 Å². The Morgan fingerprint density at radius 1 is 1.11 bits per heavy atom. The van der Waals surface area contributed by atoms with Gasteiger partial charge in [0.2, 0.25) is 0 Å². The molecule has 0 unspecified atom stereocenters. The molecule has 1 nitrogen and oxygen atoms in total. The normalized spacial score (nSPS) is 22.9. The maximum Gasteiger partial charge on any atom is 0.0113 e. The van der Waals surface area contributed by atoms with Crippen molar-refractivity contribution in [3.63, 3.8) is 0 Å². The highest BCUT2D eigenvalue weighted by atomic mass is 32.2. The fourth-order valence-corrected chi connectivity index (χ4v) is 4.48. The molecule has 0 heterocycles. The first kappa shape index (κ1) is 12.6. The van der Waals surface area contributed by atoms with Crippen LogP contribution >= 0.6 is 11.8 Å². The first-order valence-corrected chi connectivity index (χ1v) is 8.18. The van der Waals surface area contributed by atoms with Crippen molar-refractivity contribution in [2.24, 2.45) is 5.73 Å². The number of benzene rings is 1. The molecule has 0 aromatic heterocycles. The van der Waals surface area contributed by atoms with Gasteiger partial charge in [0.25, 0.3) is 0 Å². The molecule has 2 N–H and O–H groups in total. The van der Waals surface area contributed by atoms with Crippen molar-refractivity contribution in [1.29, 1.82) is 0 Å². The predicted molar refractivity (Wildman–Crippen MR) is 79.1 cm³/mol. The number of hydrogen-bond acceptors (Lipinski definition) is 2. The summed E-state index contributed by atoms with van der Waals surface area (Å²) in [4.78, 5) is 1.51. The quantitative estimate of drug-likeness (QED) is 0.883. The van der Waals surface area contributed by atoms with Gasteiger partial charge in [0.1, 0.15) is 0 Å². The second-order valence-corrected chi connectivity index (χ2v) is 7.20. The van der Waals surface area contributed by atoms with Gasteiger partial charge in [-0.1, -0.05) is 37.5 Å². The van der Waals surface area contributed by atoms with E-state index in [2.05, 4.69) is 36.0 Å². The van der Waals surface area contributed by atoms with Crippen LogP contribution in [0.1, 0.15) is 50.5 Å². The highest BCUT2D eigenvalue weighted by Crippen LogP contribution is 2.46. The highest BCUT2D eigenvalue weighted by molar-refractivity contribution is 8.00. The molecular weight excluding hydrogens is 238 g/mol. The van der Waals surface area contributed by atoms with Crippen LogP contribution < -0.4 is 5.73 Å². The van der Waals surface area contributed by atoms with Crippen LogP contribution in [0, 0.1) is 0 Å². The Labute approximate surface area is 115 Å². The summed E-state index contributed by atoms with van der Waals surface area (Å²) in [6.45, 7) is 0.815. The molecule has 2 aliphatic carbocycles. The van der Waals surface area contributed by atoms with E-state index in [1.54, 1.807) is 5.56 Å². The molecule has 0 amide bonds. The maximum absolute atomic E-state index is 6.18. The lowest BCUT2D eigenvalue weighted by molar-refractivity contribution is 0.296. The van der Waals surface area contributed by atoms with Crippen LogP contribution in [0.15, 0.2) is 29.2 Å². The lowest BCUT2D eigenvalue weighted by Gasteiger charge is -2.38. The molecule has 1 aromatic rings. The largest absolute Gasteiger partial charge is 0.330 e. The van der Waals surface area contributed by atoms with E-state index in [1.165, 1.54) is 49.8 Å². The third-order valence-electron chi connectivity index (χ3n) is 4.48. The van der Waals surface area contributed by atoms with Crippen LogP contribution in [0.3, 0.4) is 0 Å². The first-order chi connectivity index (χ1) is 8.84. The van der Waals surface area contributed by atoms with E-state index < -0.39 is 0 Å². The standard InChI is InChI=1S/C16H23NS/c17-12-16(10-4-1-5-11-16)14-6-2-3-7-15(14)18-13-8-9-13/h2-3,6-7,13H,1,4-5,8-12,17H2. The average Bonchev–Trinajstić information content (AvgIpc) is 3.24. The minimum absolute atomic E-state index is 0.275. The summed E-state index contributed by atoms with van der Waals surface area (Å²) in [6.07, 6.45) is 9.44. The van der Waals surface area contributed by atoms with Gasteiger partial charge in [-0.3, -0.25) is 0 Å². The van der Waals surface area contributed by atoms with Gasteiger partial charge in [0, 0.05) is 22.1 Å². The van der Waals surface area contributed by atoms with Gasteiger partial charge in [-0.2, -0.15) is 0 Å². The van der Waals surface area contributed by atoms with Crippen LogP contribution in [-0.4, -0.2) is 11.8 Å². The van der Waals surface area contributed by atoms with E-state index in [-0.39, 0.29) is 5.41 Å². The Balaban J connectivity index is 1.92. The topological polar surface area (TPSA) is 26.0 Å². The summed E-state index contributed by atoms with van der Waals surface area (Å²) in [7, 11) is 0. The summed E-state index contributed by atoms with van der Waals surface area (Å²) < 4.78 is 0. The van der Waals surface area contributed by atoms with Crippen LogP contribution in [-0.2, 0) is 5.41 Å². The van der Waals surface area contributed by atoms with Crippen molar-refractivity contribution in [2.75, 3.05) is 6.54 Å². The van der Waals surface area contributed by atoms with E-state index in [4.69, 9.17) is 5.73 Å². The van der Waals surface area contributed by atoms with E-state index in [0.717, 1.165) is 11.8 Å². The molecule has 98 valence electrons. The zero-order valence-electron chi connectivity index (χ0n) is 11.0. The Hall–Kier alpha value is -0.470. The number of thioether (sulfide) groups is 1. The summed E-state index contributed by atoms with van der Waals surface area (Å²) in [5, 5.41) is 0.879. The average molecular weight is 261 g/mol. The molecule has 0 aliphatic heterocycles. The Morgan fingerprint density at radius 3 is 2.50 bits per heavy atom. The van der Waals surface area contributed by atoms with Gasteiger partial charge in [0.15, 0.2) is 0 Å². The van der Waals surface area contributed by atoms with Gasteiger partial charge in [-0.05, 0) is 37.3 Å². The molecule has 18 heavy (non-hydrogen) atoms. The lowest BCUT2D eigenvalue weighted by atomic mass is 9.69. The minimum atomic E-state index is 0.275. The number of hydrogen-bond donors (Lipinski definition) is 1. The summed E-state index contributed by atoms with van der Waals surface area (Å²) in [5.74, 6) is 0. The molecule has 2 aliphatic rings. The van der Waals surface area contributed by atoms with Crippen LogP contribution in [0.25, 0.3) is 0 Å². The third kappa shape index (κ3) is 2.46. The van der Waals surface area contributed by atoms with Crippen molar-refractivity contribution in [3.8, 4) is 0 Å². The second kappa shape index (κ2) is 5.26. The monoisotopic (exact) mass is 261 g/mol. The van der Waals surface area contributed by atoms with Gasteiger partial charge in [-0.15, -0.1) is 11.8 Å². The van der Waals surface area contributed by atoms with Gasteiger partial charge in [0.05, 0.1) is 0 Å². The summed E-state index contributed by atoms with van der Waals surface area (Å²) in [6, 6.07) is 9.02. The Bertz CT molecular complexity index is 405. The first-order valence-electron chi connectivity index (χ1n) is 7.30. The number of nitrogens with two attached hydrogens (primary N) is 1. The Kier molecular flexibility index (Phi) is 3.67. The van der Waals surface area contributed by atoms with Crippen molar-refractivity contribution in [2.45, 2.75) is 60.5 Å². The molecule has 0 bridgehead atoms. The maximum atomic E-state index is 6.18.